The lowest BCUT2D eigenvalue weighted by atomic mass is 10.0. The van der Waals surface area contributed by atoms with Crippen LogP contribution in [0, 0.1) is 0 Å². The average Bonchev–Trinajstić information content (AvgIpc) is 2.89. The summed E-state index contributed by atoms with van der Waals surface area (Å²) < 4.78 is 0. The van der Waals surface area contributed by atoms with Crippen molar-refractivity contribution in [1.29, 1.82) is 0 Å². The number of nitrogens with one attached hydrogen (secondary N) is 2. The lowest BCUT2D eigenvalue weighted by Crippen LogP contribution is -2.26. The Morgan fingerprint density at radius 3 is 2.00 bits per heavy atom. The lowest BCUT2D eigenvalue weighted by Gasteiger charge is -2.11. The molecule has 5 nitrogen and oxygen atoms in total. The van der Waals surface area contributed by atoms with Crippen molar-refractivity contribution in [3.8, 4) is 11.1 Å². The van der Waals surface area contributed by atoms with E-state index in [-0.39, 0.29) is 11.8 Å². The zero-order chi connectivity index (χ0) is 24.6. The average molecular weight is 462 g/mol. The summed E-state index contributed by atoms with van der Waals surface area (Å²) in [6.07, 6.45) is 0.296. The topological polar surface area (TPSA) is 84.2 Å². The second kappa shape index (κ2) is 11.0. The summed E-state index contributed by atoms with van der Waals surface area (Å²) in [5.41, 5.74) is 12.3. The summed E-state index contributed by atoms with van der Waals surface area (Å²) in [6.45, 7) is 4.40. The van der Waals surface area contributed by atoms with Crippen LogP contribution in [0.15, 0.2) is 110 Å². The quantitative estimate of drug-likeness (QED) is 0.300. The molecule has 0 aliphatic heterocycles. The molecule has 0 bridgehead atoms. The van der Waals surface area contributed by atoms with Crippen molar-refractivity contribution in [2.75, 3.05) is 17.6 Å². The Bertz CT molecular complexity index is 1330. The van der Waals surface area contributed by atoms with Crippen LogP contribution < -0.4 is 16.4 Å². The van der Waals surface area contributed by atoms with Crippen LogP contribution in [0.4, 0.5) is 11.4 Å². The fourth-order valence-electron chi connectivity index (χ4n) is 3.66. The van der Waals surface area contributed by atoms with Crippen molar-refractivity contribution in [3.05, 3.63) is 126 Å². The summed E-state index contributed by atoms with van der Waals surface area (Å²) in [6, 6.07) is 32.3. The molecular formula is C30H27N3O2. The Balaban J connectivity index is 1.27. The third-order valence-corrected chi connectivity index (χ3v) is 5.69. The molecule has 0 unspecified atom stereocenters. The number of anilines is 2. The first-order valence-electron chi connectivity index (χ1n) is 11.3. The fourth-order valence-corrected chi connectivity index (χ4v) is 3.66. The monoisotopic (exact) mass is 461 g/mol. The van der Waals surface area contributed by atoms with Gasteiger partial charge in [-0.1, -0.05) is 85.4 Å². The Hall–Kier alpha value is -4.64. The van der Waals surface area contributed by atoms with Gasteiger partial charge in [-0.15, -0.1) is 0 Å². The van der Waals surface area contributed by atoms with Crippen molar-refractivity contribution in [3.63, 3.8) is 0 Å². The SMILES string of the molecule is C=C(CNC(=O)Cc1ccc(-c2ccccc2)cc1)c1ccc(C(=O)Nc2ccccc2N)cc1. The van der Waals surface area contributed by atoms with Gasteiger partial charge in [0.2, 0.25) is 5.91 Å². The number of hydrogen-bond acceptors (Lipinski definition) is 3. The van der Waals surface area contributed by atoms with E-state index in [9.17, 15) is 9.59 Å². The predicted octanol–water partition coefficient (Wildman–Crippen LogP) is 5.56. The zero-order valence-electron chi connectivity index (χ0n) is 19.3. The van der Waals surface area contributed by atoms with Gasteiger partial charge in [-0.05, 0) is 52.1 Å². The molecular weight excluding hydrogens is 434 g/mol. The van der Waals surface area contributed by atoms with Gasteiger partial charge in [-0.25, -0.2) is 0 Å². The molecule has 0 atom stereocenters. The third-order valence-electron chi connectivity index (χ3n) is 5.69. The van der Waals surface area contributed by atoms with Crippen molar-refractivity contribution < 1.29 is 9.59 Å². The summed E-state index contributed by atoms with van der Waals surface area (Å²) in [4.78, 5) is 24.9. The van der Waals surface area contributed by atoms with Crippen LogP contribution in [0.25, 0.3) is 16.7 Å². The van der Waals surface area contributed by atoms with Crippen LogP contribution in [0.1, 0.15) is 21.5 Å². The highest BCUT2D eigenvalue weighted by atomic mass is 16.2. The lowest BCUT2D eigenvalue weighted by molar-refractivity contribution is -0.120. The highest BCUT2D eigenvalue weighted by molar-refractivity contribution is 6.05. The molecule has 0 saturated heterocycles. The molecule has 5 heteroatoms. The van der Waals surface area contributed by atoms with Gasteiger partial charge in [0.1, 0.15) is 0 Å². The Morgan fingerprint density at radius 2 is 1.31 bits per heavy atom. The number of rotatable bonds is 8. The number of para-hydroxylation sites is 2. The molecule has 0 spiro atoms. The van der Waals surface area contributed by atoms with Gasteiger partial charge >= 0.3 is 0 Å². The maximum atomic E-state index is 12.5. The van der Waals surface area contributed by atoms with Crippen LogP contribution in [-0.4, -0.2) is 18.4 Å². The van der Waals surface area contributed by atoms with E-state index in [0.717, 1.165) is 27.8 Å². The molecule has 4 rings (SSSR count). The molecule has 4 N–H and O–H groups in total. The van der Waals surface area contributed by atoms with Gasteiger partial charge in [0.15, 0.2) is 0 Å². The van der Waals surface area contributed by atoms with E-state index in [1.54, 1.807) is 24.3 Å². The normalized spacial score (nSPS) is 10.4. The molecule has 0 fully saturated rings. The van der Waals surface area contributed by atoms with E-state index in [1.807, 2.05) is 66.7 Å². The molecule has 0 saturated carbocycles. The van der Waals surface area contributed by atoms with E-state index >= 15 is 0 Å². The van der Waals surface area contributed by atoms with Crippen molar-refractivity contribution >= 4 is 28.8 Å². The number of nitrogen functional groups attached to an aromatic ring is 1. The number of carbonyl (C=O) groups excluding carboxylic acids is 2. The minimum atomic E-state index is -0.244. The first-order chi connectivity index (χ1) is 17.0. The molecule has 0 aromatic heterocycles. The standard InChI is InChI=1S/C30H27N3O2/c1-21(23-15-17-26(18-16-23)30(35)33-28-10-6-5-9-27(28)31)20-32-29(34)19-22-11-13-25(14-12-22)24-7-3-2-4-8-24/h2-18H,1,19-20,31H2,(H,32,34)(H,33,35). The van der Waals surface area contributed by atoms with E-state index in [4.69, 9.17) is 5.73 Å². The maximum Gasteiger partial charge on any atom is 0.255 e. The second-order valence-corrected chi connectivity index (χ2v) is 8.24. The van der Waals surface area contributed by atoms with E-state index < -0.39 is 0 Å². The van der Waals surface area contributed by atoms with Gasteiger partial charge in [-0.3, -0.25) is 9.59 Å². The van der Waals surface area contributed by atoms with Gasteiger partial charge < -0.3 is 16.4 Å². The van der Waals surface area contributed by atoms with Gasteiger partial charge in [0, 0.05) is 12.1 Å². The first-order valence-corrected chi connectivity index (χ1v) is 11.3. The molecule has 35 heavy (non-hydrogen) atoms. The minimum Gasteiger partial charge on any atom is -0.397 e. The molecule has 174 valence electrons. The predicted molar refractivity (Wildman–Crippen MR) is 143 cm³/mol. The summed E-state index contributed by atoms with van der Waals surface area (Å²) >= 11 is 0. The van der Waals surface area contributed by atoms with Crippen molar-refractivity contribution in [2.45, 2.75) is 6.42 Å². The molecule has 0 radical (unpaired) electrons. The maximum absolute atomic E-state index is 12.5. The van der Waals surface area contributed by atoms with Gasteiger partial charge in [-0.2, -0.15) is 0 Å². The first kappa shape index (κ1) is 23.5. The number of benzene rings is 4. The highest BCUT2D eigenvalue weighted by Crippen LogP contribution is 2.20. The summed E-state index contributed by atoms with van der Waals surface area (Å²) in [5, 5.41) is 5.73. The van der Waals surface area contributed by atoms with E-state index in [0.29, 0.717) is 29.9 Å². The Labute approximate surface area is 205 Å². The molecule has 4 aromatic rings. The summed E-state index contributed by atoms with van der Waals surface area (Å²) in [5.74, 6) is -0.318. The van der Waals surface area contributed by atoms with Gasteiger partial charge in [0.25, 0.3) is 5.91 Å². The van der Waals surface area contributed by atoms with E-state index in [1.165, 1.54) is 0 Å². The third kappa shape index (κ3) is 6.24. The van der Waals surface area contributed by atoms with Crippen molar-refractivity contribution in [2.24, 2.45) is 0 Å². The zero-order valence-corrected chi connectivity index (χ0v) is 19.3. The molecule has 4 aromatic carbocycles. The largest absolute Gasteiger partial charge is 0.397 e. The van der Waals surface area contributed by atoms with Crippen LogP contribution in [-0.2, 0) is 11.2 Å². The number of nitrogens with two attached hydrogens (primary N) is 1. The number of carbonyl (C=O) groups is 2. The fraction of sp³-hybridized carbons (Fsp3) is 0.0667. The number of amides is 2. The van der Waals surface area contributed by atoms with Crippen LogP contribution in [0.2, 0.25) is 0 Å². The highest BCUT2D eigenvalue weighted by Gasteiger charge is 2.10. The van der Waals surface area contributed by atoms with Crippen LogP contribution >= 0.6 is 0 Å². The smallest absolute Gasteiger partial charge is 0.255 e. The Kier molecular flexibility index (Phi) is 7.38. The van der Waals surface area contributed by atoms with Gasteiger partial charge in [0.05, 0.1) is 17.8 Å². The van der Waals surface area contributed by atoms with E-state index in [2.05, 4.69) is 29.3 Å². The molecule has 2 amide bonds. The number of hydrogen-bond donors (Lipinski definition) is 3. The van der Waals surface area contributed by atoms with Crippen LogP contribution in [0.3, 0.4) is 0 Å². The summed E-state index contributed by atoms with van der Waals surface area (Å²) in [7, 11) is 0. The van der Waals surface area contributed by atoms with Crippen molar-refractivity contribution in [1.82, 2.24) is 5.32 Å². The molecule has 0 aliphatic rings. The van der Waals surface area contributed by atoms with Crippen LogP contribution in [0.5, 0.6) is 0 Å². The molecule has 0 heterocycles. The Morgan fingerprint density at radius 1 is 0.714 bits per heavy atom. The minimum absolute atomic E-state index is 0.0740. The molecule has 0 aliphatic carbocycles. The second-order valence-electron chi connectivity index (χ2n) is 8.24.